The first-order valence-corrected chi connectivity index (χ1v) is 6.83. The second-order valence-electron chi connectivity index (χ2n) is 4.50. The molecular formula is C15H24N2O2. The molecule has 1 amide bonds. The maximum absolute atomic E-state index is 11.8. The number of hydrogen-bond donors (Lipinski definition) is 1. The molecule has 106 valence electrons. The molecule has 1 aromatic carbocycles. The maximum Gasteiger partial charge on any atom is 0.236 e. The van der Waals surface area contributed by atoms with Gasteiger partial charge in [-0.25, -0.2) is 0 Å². The van der Waals surface area contributed by atoms with E-state index in [-0.39, 0.29) is 5.91 Å². The van der Waals surface area contributed by atoms with E-state index in [0.29, 0.717) is 19.7 Å². The molecular weight excluding hydrogens is 240 g/mol. The number of nitrogens with zero attached hydrogens (tertiary/aromatic N) is 1. The van der Waals surface area contributed by atoms with Gasteiger partial charge in [0.15, 0.2) is 0 Å². The van der Waals surface area contributed by atoms with Crippen LogP contribution in [0.4, 0.5) is 0 Å². The van der Waals surface area contributed by atoms with E-state index in [4.69, 9.17) is 4.74 Å². The number of benzene rings is 1. The molecule has 0 radical (unpaired) electrons. The fourth-order valence-electron chi connectivity index (χ4n) is 1.73. The summed E-state index contributed by atoms with van der Waals surface area (Å²) in [5.41, 5.74) is 1.11. The Labute approximate surface area is 115 Å². The molecule has 0 saturated carbocycles. The molecule has 4 heteroatoms. The lowest BCUT2D eigenvalue weighted by Gasteiger charge is -2.17. The summed E-state index contributed by atoms with van der Waals surface area (Å²) in [4.78, 5) is 13.6. The van der Waals surface area contributed by atoms with Crippen molar-refractivity contribution in [3.8, 4) is 5.75 Å². The normalized spacial score (nSPS) is 10.3. The Hall–Kier alpha value is -1.55. The second kappa shape index (κ2) is 8.53. The van der Waals surface area contributed by atoms with Crippen molar-refractivity contribution >= 4 is 5.91 Å². The van der Waals surface area contributed by atoms with Gasteiger partial charge in [0.1, 0.15) is 5.75 Å². The van der Waals surface area contributed by atoms with E-state index < -0.39 is 0 Å². The minimum Gasteiger partial charge on any atom is -0.494 e. The number of ether oxygens (including phenoxy) is 1. The molecule has 1 rings (SSSR count). The van der Waals surface area contributed by atoms with Gasteiger partial charge in [0.05, 0.1) is 13.2 Å². The van der Waals surface area contributed by atoms with Gasteiger partial charge in [0, 0.05) is 13.6 Å². The van der Waals surface area contributed by atoms with Crippen molar-refractivity contribution in [2.45, 2.75) is 26.8 Å². The zero-order chi connectivity index (χ0) is 14.1. The van der Waals surface area contributed by atoms with Crippen LogP contribution < -0.4 is 10.1 Å². The fraction of sp³-hybridized carbons (Fsp3) is 0.533. The summed E-state index contributed by atoms with van der Waals surface area (Å²) in [6.07, 6.45) is 1.04. The Balaban J connectivity index is 2.42. The van der Waals surface area contributed by atoms with E-state index >= 15 is 0 Å². The molecule has 0 bridgehead atoms. The number of likely N-dealkylation sites (N-methyl/N-ethyl adjacent to an activating group) is 1. The van der Waals surface area contributed by atoms with Crippen LogP contribution in [0.1, 0.15) is 25.8 Å². The van der Waals surface area contributed by atoms with Crippen molar-refractivity contribution in [2.75, 3.05) is 26.7 Å². The third kappa shape index (κ3) is 5.75. The van der Waals surface area contributed by atoms with Crippen LogP contribution in [0.2, 0.25) is 0 Å². The van der Waals surface area contributed by atoms with Gasteiger partial charge in [0.2, 0.25) is 5.91 Å². The van der Waals surface area contributed by atoms with Crippen molar-refractivity contribution in [3.63, 3.8) is 0 Å². The number of rotatable bonds is 8. The Morgan fingerprint density at radius 1 is 1.26 bits per heavy atom. The number of carbonyl (C=O) groups excluding carboxylic acids is 1. The van der Waals surface area contributed by atoms with Crippen LogP contribution in [0.15, 0.2) is 24.3 Å². The molecule has 0 fully saturated rings. The first kappa shape index (κ1) is 15.5. The summed E-state index contributed by atoms with van der Waals surface area (Å²) in [6, 6.07) is 7.86. The van der Waals surface area contributed by atoms with Crippen LogP contribution in [-0.4, -0.2) is 37.6 Å². The highest BCUT2D eigenvalue weighted by Gasteiger charge is 2.08. The molecule has 0 saturated heterocycles. The zero-order valence-corrected chi connectivity index (χ0v) is 12.1. The summed E-state index contributed by atoms with van der Waals surface area (Å²) >= 11 is 0. The molecule has 1 N–H and O–H groups in total. The number of hydrogen-bond acceptors (Lipinski definition) is 3. The van der Waals surface area contributed by atoms with Crippen LogP contribution in [0.25, 0.3) is 0 Å². The highest BCUT2D eigenvalue weighted by Crippen LogP contribution is 2.13. The molecule has 0 unspecified atom stereocenters. The maximum atomic E-state index is 11.8. The van der Waals surface area contributed by atoms with Crippen molar-refractivity contribution in [1.82, 2.24) is 10.2 Å². The number of amides is 1. The minimum absolute atomic E-state index is 0.113. The van der Waals surface area contributed by atoms with E-state index in [1.807, 2.05) is 38.2 Å². The van der Waals surface area contributed by atoms with Gasteiger partial charge in [-0.3, -0.25) is 4.79 Å². The molecule has 0 atom stereocenters. The van der Waals surface area contributed by atoms with Crippen LogP contribution >= 0.6 is 0 Å². The summed E-state index contributed by atoms with van der Waals surface area (Å²) in [5, 5.41) is 3.12. The monoisotopic (exact) mass is 264 g/mol. The second-order valence-corrected chi connectivity index (χ2v) is 4.50. The van der Waals surface area contributed by atoms with E-state index in [2.05, 4.69) is 12.2 Å². The Bertz CT molecular complexity index is 376. The van der Waals surface area contributed by atoms with Crippen LogP contribution in [0, 0.1) is 0 Å². The number of carbonyl (C=O) groups is 1. The Morgan fingerprint density at radius 3 is 2.53 bits per heavy atom. The first-order valence-electron chi connectivity index (χ1n) is 6.83. The Kier molecular flexibility index (Phi) is 6.97. The quantitative estimate of drug-likeness (QED) is 0.731. The molecule has 0 aliphatic carbocycles. The smallest absolute Gasteiger partial charge is 0.236 e. The molecule has 0 heterocycles. The molecule has 0 aliphatic heterocycles. The van der Waals surface area contributed by atoms with Gasteiger partial charge >= 0.3 is 0 Å². The summed E-state index contributed by atoms with van der Waals surface area (Å²) < 4.78 is 5.39. The van der Waals surface area contributed by atoms with Crippen molar-refractivity contribution in [1.29, 1.82) is 0 Å². The molecule has 0 spiro atoms. The predicted molar refractivity (Wildman–Crippen MR) is 77.2 cm³/mol. The van der Waals surface area contributed by atoms with Crippen molar-refractivity contribution in [3.05, 3.63) is 29.8 Å². The molecule has 4 nitrogen and oxygen atoms in total. The fourth-order valence-corrected chi connectivity index (χ4v) is 1.73. The first-order chi connectivity index (χ1) is 9.17. The minimum atomic E-state index is 0.113. The van der Waals surface area contributed by atoms with E-state index in [1.165, 1.54) is 0 Å². The van der Waals surface area contributed by atoms with Crippen LogP contribution in [0.5, 0.6) is 5.75 Å². The molecule has 0 aromatic heterocycles. The summed E-state index contributed by atoms with van der Waals surface area (Å²) in [7, 11) is 1.83. The van der Waals surface area contributed by atoms with Gasteiger partial charge in [-0.15, -0.1) is 0 Å². The summed E-state index contributed by atoms with van der Waals surface area (Å²) in [6.45, 7) is 6.62. The van der Waals surface area contributed by atoms with Crippen LogP contribution in [-0.2, 0) is 11.3 Å². The molecule has 19 heavy (non-hydrogen) atoms. The predicted octanol–water partition coefficient (Wildman–Crippen LogP) is 2.04. The SMILES string of the molecule is CCCNCC(=O)N(C)Cc1ccc(OCC)cc1. The zero-order valence-electron chi connectivity index (χ0n) is 12.1. The Morgan fingerprint density at radius 2 is 1.95 bits per heavy atom. The highest BCUT2D eigenvalue weighted by molar-refractivity contribution is 5.77. The highest BCUT2D eigenvalue weighted by atomic mass is 16.5. The van der Waals surface area contributed by atoms with Gasteiger partial charge < -0.3 is 15.0 Å². The third-order valence-corrected chi connectivity index (χ3v) is 2.78. The van der Waals surface area contributed by atoms with Gasteiger partial charge in [0.25, 0.3) is 0 Å². The number of nitrogens with one attached hydrogen (secondary N) is 1. The lowest BCUT2D eigenvalue weighted by atomic mass is 10.2. The van der Waals surface area contributed by atoms with Crippen molar-refractivity contribution < 1.29 is 9.53 Å². The summed E-state index contributed by atoms with van der Waals surface area (Å²) in [5.74, 6) is 0.979. The van der Waals surface area contributed by atoms with Crippen molar-refractivity contribution in [2.24, 2.45) is 0 Å². The van der Waals surface area contributed by atoms with E-state index in [1.54, 1.807) is 4.90 Å². The average molecular weight is 264 g/mol. The van der Waals surface area contributed by atoms with Gasteiger partial charge in [-0.1, -0.05) is 19.1 Å². The lowest BCUT2D eigenvalue weighted by Crippen LogP contribution is -2.35. The largest absolute Gasteiger partial charge is 0.494 e. The lowest BCUT2D eigenvalue weighted by molar-refractivity contribution is -0.129. The average Bonchev–Trinajstić information content (AvgIpc) is 2.41. The molecule has 0 aliphatic rings. The van der Waals surface area contributed by atoms with E-state index in [0.717, 1.165) is 24.3 Å². The topological polar surface area (TPSA) is 41.6 Å². The van der Waals surface area contributed by atoms with Gasteiger partial charge in [-0.2, -0.15) is 0 Å². The standard InChI is InChI=1S/C15H24N2O2/c1-4-10-16-11-15(18)17(3)12-13-6-8-14(9-7-13)19-5-2/h6-9,16H,4-5,10-12H2,1-3H3. The third-order valence-electron chi connectivity index (χ3n) is 2.78. The van der Waals surface area contributed by atoms with E-state index in [9.17, 15) is 4.79 Å². The van der Waals surface area contributed by atoms with Gasteiger partial charge in [-0.05, 0) is 37.6 Å². The van der Waals surface area contributed by atoms with Crippen LogP contribution in [0.3, 0.4) is 0 Å². The molecule has 1 aromatic rings.